The molecule has 8 aromatic carbocycles. The van der Waals surface area contributed by atoms with Gasteiger partial charge >= 0.3 is 0 Å². The van der Waals surface area contributed by atoms with Gasteiger partial charge in [-0.2, -0.15) is 18.2 Å². The molecule has 390 valence electrons. The maximum Gasteiger partial charge on any atom is 0.268 e. The summed E-state index contributed by atoms with van der Waals surface area (Å²) in [5, 5.41) is 2.02. The van der Waals surface area contributed by atoms with Gasteiger partial charge in [-0.25, -0.2) is 4.98 Å². The second-order valence-corrected chi connectivity index (χ2v) is 22.9. The molecule has 0 aliphatic heterocycles. The number of pyridine rings is 1. The third kappa shape index (κ3) is 10.2. The van der Waals surface area contributed by atoms with E-state index in [4.69, 9.17) is 13.8 Å². The first kappa shape index (κ1) is 45.8. The van der Waals surface area contributed by atoms with Crippen molar-refractivity contribution in [3.05, 3.63) is 223 Å². The Hall–Kier alpha value is -7.33. The van der Waals surface area contributed by atoms with Crippen LogP contribution in [-0.4, -0.2) is 14.1 Å². The van der Waals surface area contributed by atoms with Gasteiger partial charge in [0.2, 0.25) is 0 Å². The molecular formula is C71H68N4OPt-2. The van der Waals surface area contributed by atoms with Crippen molar-refractivity contribution in [2.24, 2.45) is 0 Å². The fourth-order valence-electron chi connectivity index (χ4n) is 10.4. The largest absolute Gasteiger partial charge is 0.510 e. The van der Waals surface area contributed by atoms with Gasteiger partial charge < -0.3 is 13.9 Å². The van der Waals surface area contributed by atoms with Crippen molar-refractivity contribution in [3.8, 4) is 62.1 Å². The Kier molecular flexibility index (Phi) is 12.4. The van der Waals surface area contributed by atoms with Gasteiger partial charge in [-0.3, -0.25) is 4.57 Å². The first-order chi connectivity index (χ1) is 38.9. The van der Waals surface area contributed by atoms with Crippen LogP contribution in [0.25, 0.3) is 83.4 Å². The number of aromatic nitrogens is 4. The molecule has 5 nitrogen and oxygen atoms in total. The Morgan fingerprint density at radius 3 is 1.88 bits per heavy atom. The van der Waals surface area contributed by atoms with Gasteiger partial charge in [-0.05, 0) is 108 Å². The minimum absolute atomic E-state index is 0. The minimum atomic E-state index is -0.862. The van der Waals surface area contributed by atoms with E-state index in [2.05, 4.69) is 166 Å². The predicted octanol–water partition coefficient (Wildman–Crippen LogP) is 18.4. The average molecular weight is 1190 g/mol. The second kappa shape index (κ2) is 20.9. The molecule has 0 saturated carbocycles. The zero-order valence-electron chi connectivity index (χ0n) is 51.9. The van der Waals surface area contributed by atoms with Gasteiger partial charge in [-0.1, -0.05) is 215 Å². The zero-order valence-corrected chi connectivity index (χ0v) is 48.1. The summed E-state index contributed by atoms with van der Waals surface area (Å²) in [6.45, 7) is 24.0. The van der Waals surface area contributed by atoms with Crippen molar-refractivity contribution in [2.75, 3.05) is 0 Å². The first-order valence-electron chi connectivity index (χ1n) is 29.5. The molecule has 11 rings (SSSR count). The third-order valence-electron chi connectivity index (χ3n) is 14.8. The Morgan fingerprint density at radius 1 is 0.584 bits per heavy atom. The summed E-state index contributed by atoms with van der Waals surface area (Å²) in [5.74, 6) is 0.736. The van der Waals surface area contributed by atoms with Crippen LogP contribution in [0.15, 0.2) is 182 Å². The third-order valence-corrected chi connectivity index (χ3v) is 14.8. The van der Waals surface area contributed by atoms with Crippen LogP contribution in [0.2, 0.25) is 0 Å². The van der Waals surface area contributed by atoms with Gasteiger partial charge in [0.25, 0.3) is 6.33 Å². The molecule has 0 aliphatic rings. The number of imidazole rings is 1. The van der Waals surface area contributed by atoms with Crippen molar-refractivity contribution in [2.45, 2.75) is 111 Å². The van der Waals surface area contributed by atoms with E-state index in [1.807, 2.05) is 94.2 Å². The molecule has 6 heteroatoms. The summed E-state index contributed by atoms with van der Waals surface area (Å²) in [6, 6.07) is 54.5. The maximum absolute atomic E-state index is 9.84. The smallest absolute Gasteiger partial charge is 0.268 e. The number of fused-ring (bicyclic) bond motifs is 4. The molecule has 77 heavy (non-hydrogen) atoms. The van der Waals surface area contributed by atoms with E-state index in [0.717, 1.165) is 71.8 Å². The van der Waals surface area contributed by atoms with Crippen molar-refractivity contribution in [1.82, 2.24) is 14.1 Å². The monoisotopic (exact) mass is 1190 g/mol. The van der Waals surface area contributed by atoms with Crippen LogP contribution in [0, 0.1) is 18.5 Å². The van der Waals surface area contributed by atoms with Crippen LogP contribution in [0.4, 0.5) is 0 Å². The molecule has 0 unspecified atom stereocenters. The number of hydrogen-bond donors (Lipinski definition) is 0. The molecule has 3 heterocycles. The molecule has 0 atom stereocenters. The number of ether oxygens (including phenoxy) is 1. The number of nitrogens with zero attached hydrogens (tertiary/aromatic N) is 4. The Labute approximate surface area is 478 Å². The first-order valence-corrected chi connectivity index (χ1v) is 26.5. The SMILES string of the molecule is [2H]c1c([2H])c([2H])c(-c2cccc(-c3cc(C(C)(C)C)cc(C(C)(C)C)c3)c2-[n+]2[c-]n(-c3[c-]c(Oc4[c-]c5c(cc4)c4ccccc4n5-c4cc(C([2H])(CC)CC)c(-c5ccc(C(C)(C)C)cc5)cn4)ccc3)c3ccccc32)c([2H])c1[2H].[Pt]. The topological polar surface area (TPSA) is 35.9 Å². The van der Waals surface area contributed by atoms with Crippen molar-refractivity contribution in [1.29, 1.82) is 0 Å². The maximum atomic E-state index is 9.84. The standard InChI is InChI=1S/C71H68N4O.Pt/c1-12-47(13-2)61-44-67(72-45-62(61)49-33-35-51(36-34-49)69(3,4)5)75-63-30-18-17-27-59(63)60-38-37-56(43-66(60)75)76-55-26-21-25-54(42-55)73-46-74(65-32-20-19-31-64(65)73)68-57(48-23-15-14-16-24-48)28-22-29-58(68)50-39-52(70(6,7)8)41-53(40-50)71(9,10)11;/h14-41,44-45,47H,12-13H2,1-11H3;/q-2;/i14D,15D,16D,23D,24D,47D;. The fraction of sp³-hybridized carbons (Fsp3) is 0.239. The Balaban J connectivity index is 0.00000769. The molecule has 11 aromatic rings. The van der Waals surface area contributed by atoms with Crippen LogP contribution in [-0.2, 0) is 37.3 Å². The van der Waals surface area contributed by atoms with Crippen LogP contribution in [0.1, 0.15) is 125 Å². The number of para-hydroxylation sites is 4. The summed E-state index contributed by atoms with van der Waals surface area (Å²) in [7, 11) is 0. The van der Waals surface area contributed by atoms with Crippen molar-refractivity contribution in [3.63, 3.8) is 0 Å². The summed E-state index contributed by atoms with van der Waals surface area (Å²) in [6.07, 6.45) is 6.87. The van der Waals surface area contributed by atoms with E-state index < -0.39 is 24.0 Å². The van der Waals surface area contributed by atoms with Crippen LogP contribution in [0.3, 0.4) is 0 Å². The second-order valence-electron chi connectivity index (χ2n) is 22.9. The van der Waals surface area contributed by atoms with Crippen molar-refractivity contribution < 1.29 is 38.6 Å². The summed E-state index contributed by atoms with van der Waals surface area (Å²) >= 11 is 0. The van der Waals surface area contributed by atoms with Crippen molar-refractivity contribution >= 4 is 32.8 Å². The van der Waals surface area contributed by atoms with E-state index in [1.54, 1.807) is 0 Å². The molecule has 0 radical (unpaired) electrons. The number of hydrogen-bond acceptors (Lipinski definition) is 2. The summed E-state index contributed by atoms with van der Waals surface area (Å²) in [5.41, 5.74) is 12.9. The predicted molar refractivity (Wildman–Crippen MR) is 316 cm³/mol. The molecule has 0 N–H and O–H groups in total. The normalized spacial score (nSPS) is 13.4. The molecule has 0 amide bonds. The van der Waals surface area contributed by atoms with Gasteiger partial charge in [0, 0.05) is 51.2 Å². The molecule has 0 aliphatic carbocycles. The van der Waals surface area contributed by atoms with E-state index >= 15 is 0 Å². The number of benzene rings is 8. The van der Waals surface area contributed by atoms with Crippen LogP contribution >= 0.6 is 0 Å². The number of rotatable bonds is 11. The Morgan fingerprint density at radius 2 is 1.21 bits per heavy atom. The van der Waals surface area contributed by atoms with E-state index in [0.29, 0.717) is 47.1 Å². The molecular weight excluding hydrogens is 1120 g/mol. The molecule has 0 spiro atoms. The molecule has 3 aromatic heterocycles. The Bertz CT molecular complexity index is 4250. The fourth-order valence-corrected chi connectivity index (χ4v) is 10.4. The molecule has 0 bridgehead atoms. The molecule has 0 fully saturated rings. The van der Waals surface area contributed by atoms with Gasteiger partial charge in [0.1, 0.15) is 5.82 Å². The van der Waals surface area contributed by atoms with E-state index in [9.17, 15) is 4.11 Å². The average Bonchev–Trinajstić information content (AvgIpc) is 3.63. The van der Waals surface area contributed by atoms with Crippen LogP contribution < -0.4 is 9.30 Å². The van der Waals surface area contributed by atoms with Gasteiger partial charge in [-0.15, -0.1) is 29.7 Å². The zero-order chi connectivity index (χ0) is 58.4. The minimum Gasteiger partial charge on any atom is -0.510 e. The summed E-state index contributed by atoms with van der Waals surface area (Å²) < 4.78 is 67.2. The van der Waals surface area contributed by atoms with Crippen LogP contribution in [0.5, 0.6) is 11.5 Å². The van der Waals surface area contributed by atoms with Gasteiger partial charge in [0.15, 0.2) is 0 Å². The summed E-state index contributed by atoms with van der Waals surface area (Å²) in [4.78, 5) is 5.17. The van der Waals surface area contributed by atoms with Gasteiger partial charge in [0.05, 0.1) is 23.6 Å². The van der Waals surface area contributed by atoms with E-state index in [-0.39, 0.29) is 55.0 Å². The van der Waals surface area contributed by atoms with E-state index in [1.165, 1.54) is 5.56 Å². The molecule has 0 saturated heterocycles. The quantitative estimate of drug-likeness (QED) is 0.0956.